The van der Waals surface area contributed by atoms with Crippen LogP contribution in [0.25, 0.3) is 0 Å². The van der Waals surface area contributed by atoms with Gasteiger partial charge in [-0.25, -0.2) is 0 Å². The highest BCUT2D eigenvalue weighted by Crippen LogP contribution is 2.25. The van der Waals surface area contributed by atoms with Gasteiger partial charge in [0.15, 0.2) is 0 Å². The number of nitrogens with one attached hydrogen (secondary N) is 1. The van der Waals surface area contributed by atoms with Gasteiger partial charge in [-0.05, 0) is 42.9 Å². The van der Waals surface area contributed by atoms with Gasteiger partial charge in [0.05, 0.1) is 0 Å². The van der Waals surface area contributed by atoms with Gasteiger partial charge >= 0.3 is 0 Å². The SMILES string of the molecule is CC1CNCCN(C2CCc3ccccc3C2)C1. The van der Waals surface area contributed by atoms with Gasteiger partial charge in [-0.1, -0.05) is 31.2 Å². The van der Waals surface area contributed by atoms with Gasteiger partial charge in [0.25, 0.3) is 0 Å². The number of fused-ring (bicyclic) bond motifs is 1. The number of benzene rings is 1. The molecule has 1 fully saturated rings. The van der Waals surface area contributed by atoms with Crippen LogP contribution in [0.4, 0.5) is 0 Å². The third kappa shape index (κ3) is 2.60. The molecule has 2 nitrogen and oxygen atoms in total. The summed E-state index contributed by atoms with van der Waals surface area (Å²) < 4.78 is 0. The van der Waals surface area contributed by atoms with E-state index in [9.17, 15) is 0 Å². The fraction of sp³-hybridized carbons (Fsp3) is 0.625. The van der Waals surface area contributed by atoms with E-state index in [0.717, 1.165) is 18.5 Å². The molecule has 0 radical (unpaired) electrons. The lowest BCUT2D eigenvalue weighted by Gasteiger charge is -2.35. The molecule has 0 aromatic heterocycles. The van der Waals surface area contributed by atoms with Crippen molar-refractivity contribution in [1.82, 2.24) is 10.2 Å². The average molecular weight is 244 g/mol. The van der Waals surface area contributed by atoms with Gasteiger partial charge in [-0.3, -0.25) is 4.90 Å². The van der Waals surface area contributed by atoms with E-state index in [1.807, 2.05) is 0 Å². The van der Waals surface area contributed by atoms with E-state index in [1.54, 1.807) is 11.1 Å². The molecule has 0 bridgehead atoms. The predicted molar refractivity (Wildman–Crippen MR) is 75.9 cm³/mol. The average Bonchev–Trinajstić information content (AvgIpc) is 2.63. The lowest BCUT2D eigenvalue weighted by atomic mass is 9.87. The zero-order chi connectivity index (χ0) is 12.4. The van der Waals surface area contributed by atoms with Gasteiger partial charge in [-0.2, -0.15) is 0 Å². The lowest BCUT2D eigenvalue weighted by molar-refractivity contribution is 0.174. The highest BCUT2D eigenvalue weighted by atomic mass is 15.2. The number of rotatable bonds is 1. The van der Waals surface area contributed by atoms with Crippen LogP contribution < -0.4 is 5.32 Å². The van der Waals surface area contributed by atoms with Crippen LogP contribution in [0.5, 0.6) is 0 Å². The van der Waals surface area contributed by atoms with E-state index in [0.29, 0.717) is 0 Å². The topological polar surface area (TPSA) is 15.3 Å². The van der Waals surface area contributed by atoms with Crippen molar-refractivity contribution < 1.29 is 0 Å². The standard InChI is InChI=1S/C16H24N2/c1-13-11-17-8-9-18(12-13)16-7-6-14-4-2-3-5-15(14)10-16/h2-5,13,16-17H,6-12H2,1H3. The monoisotopic (exact) mass is 244 g/mol. The summed E-state index contributed by atoms with van der Waals surface area (Å²) in [6, 6.07) is 9.76. The molecule has 2 aliphatic rings. The molecule has 0 amide bonds. The molecule has 18 heavy (non-hydrogen) atoms. The molecule has 2 unspecified atom stereocenters. The quantitative estimate of drug-likeness (QED) is 0.814. The second-order valence-corrected chi connectivity index (χ2v) is 5.97. The van der Waals surface area contributed by atoms with Crippen LogP contribution in [0.15, 0.2) is 24.3 Å². The Hall–Kier alpha value is -0.860. The summed E-state index contributed by atoms with van der Waals surface area (Å²) in [6.07, 6.45) is 3.85. The van der Waals surface area contributed by atoms with Gasteiger partial charge in [-0.15, -0.1) is 0 Å². The van der Waals surface area contributed by atoms with E-state index in [1.165, 1.54) is 38.9 Å². The summed E-state index contributed by atoms with van der Waals surface area (Å²) in [6.45, 7) is 7.18. The molecular weight excluding hydrogens is 220 g/mol. The molecule has 98 valence electrons. The molecule has 3 rings (SSSR count). The number of hydrogen-bond acceptors (Lipinski definition) is 2. The molecule has 0 saturated carbocycles. The second-order valence-electron chi connectivity index (χ2n) is 5.97. The van der Waals surface area contributed by atoms with E-state index in [2.05, 4.69) is 41.4 Å². The summed E-state index contributed by atoms with van der Waals surface area (Å²) in [5, 5.41) is 3.54. The summed E-state index contributed by atoms with van der Waals surface area (Å²) in [4.78, 5) is 2.72. The molecule has 1 N–H and O–H groups in total. The second kappa shape index (κ2) is 5.41. The zero-order valence-electron chi connectivity index (χ0n) is 11.4. The maximum atomic E-state index is 3.54. The van der Waals surface area contributed by atoms with Gasteiger partial charge in [0.2, 0.25) is 0 Å². The third-order valence-electron chi connectivity index (χ3n) is 4.45. The Morgan fingerprint density at radius 2 is 2.06 bits per heavy atom. The molecule has 0 spiro atoms. The fourth-order valence-electron chi connectivity index (χ4n) is 3.45. The first kappa shape index (κ1) is 12.2. The Morgan fingerprint density at radius 1 is 1.22 bits per heavy atom. The van der Waals surface area contributed by atoms with E-state index in [-0.39, 0.29) is 0 Å². The third-order valence-corrected chi connectivity index (χ3v) is 4.45. The number of hydrogen-bond donors (Lipinski definition) is 1. The Bertz CT molecular complexity index is 402. The van der Waals surface area contributed by atoms with Crippen molar-refractivity contribution in [1.29, 1.82) is 0 Å². The normalized spacial score (nSPS) is 29.6. The van der Waals surface area contributed by atoms with E-state index in [4.69, 9.17) is 0 Å². The Kier molecular flexibility index (Phi) is 3.67. The van der Waals surface area contributed by atoms with Gasteiger partial charge in [0, 0.05) is 25.7 Å². The highest BCUT2D eigenvalue weighted by Gasteiger charge is 2.25. The Labute approximate surface area is 110 Å². The van der Waals surface area contributed by atoms with Crippen LogP contribution in [-0.2, 0) is 12.8 Å². The molecule has 1 saturated heterocycles. The summed E-state index contributed by atoms with van der Waals surface area (Å²) in [5.41, 5.74) is 3.16. The smallest absolute Gasteiger partial charge is 0.0140 e. The first-order valence-corrected chi connectivity index (χ1v) is 7.34. The van der Waals surface area contributed by atoms with Crippen molar-refractivity contribution in [3.8, 4) is 0 Å². The minimum Gasteiger partial charge on any atom is -0.315 e. The van der Waals surface area contributed by atoms with Crippen LogP contribution in [-0.4, -0.2) is 37.1 Å². The Balaban J connectivity index is 1.71. The first-order chi connectivity index (χ1) is 8.83. The fourth-order valence-corrected chi connectivity index (χ4v) is 3.45. The van der Waals surface area contributed by atoms with Crippen molar-refractivity contribution in [2.75, 3.05) is 26.2 Å². The summed E-state index contributed by atoms with van der Waals surface area (Å²) in [5.74, 6) is 0.782. The molecular formula is C16H24N2. The molecule has 1 aromatic carbocycles. The number of nitrogens with zero attached hydrogens (tertiary/aromatic N) is 1. The minimum atomic E-state index is 0.766. The van der Waals surface area contributed by atoms with Crippen LogP contribution >= 0.6 is 0 Å². The van der Waals surface area contributed by atoms with Gasteiger partial charge in [0.1, 0.15) is 0 Å². The van der Waals surface area contributed by atoms with Crippen molar-refractivity contribution in [3.05, 3.63) is 35.4 Å². The van der Waals surface area contributed by atoms with Crippen molar-refractivity contribution in [2.45, 2.75) is 32.2 Å². The maximum Gasteiger partial charge on any atom is 0.0140 e. The molecule has 1 aromatic rings. The van der Waals surface area contributed by atoms with Crippen LogP contribution in [0.2, 0.25) is 0 Å². The van der Waals surface area contributed by atoms with Crippen molar-refractivity contribution in [3.63, 3.8) is 0 Å². The largest absolute Gasteiger partial charge is 0.315 e. The van der Waals surface area contributed by atoms with E-state index < -0.39 is 0 Å². The van der Waals surface area contributed by atoms with Crippen molar-refractivity contribution in [2.24, 2.45) is 5.92 Å². The molecule has 1 heterocycles. The molecule has 1 aliphatic heterocycles. The first-order valence-electron chi connectivity index (χ1n) is 7.34. The summed E-state index contributed by atoms with van der Waals surface area (Å²) in [7, 11) is 0. The highest BCUT2D eigenvalue weighted by molar-refractivity contribution is 5.30. The Morgan fingerprint density at radius 3 is 2.94 bits per heavy atom. The maximum absolute atomic E-state index is 3.54. The lowest BCUT2D eigenvalue weighted by Crippen LogP contribution is -2.42. The van der Waals surface area contributed by atoms with Crippen LogP contribution in [0.3, 0.4) is 0 Å². The number of aryl methyl sites for hydroxylation is 1. The van der Waals surface area contributed by atoms with Crippen molar-refractivity contribution >= 4 is 0 Å². The molecule has 1 aliphatic carbocycles. The molecule has 2 atom stereocenters. The molecule has 2 heteroatoms. The van der Waals surface area contributed by atoms with Crippen LogP contribution in [0, 0.1) is 5.92 Å². The van der Waals surface area contributed by atoms with Crippen LogP contribution in [0.1, 0.15) is 24.5 Å². The van der Waals surface area contributed by atoms with E-state index >= 15 is 0 Å². The zero-order valence-corrected chi connectivity index (χ0v) is 11.4. The predicted octanol–water partition coefficient (Wildman–Crippen LogP) is 2.09. The minimum absolute atomic E-state index is 0.766. The van der Waals surface area contributed by atoms with Gasteiger partial charge < -0.3 is 5.32 Å². The summed E-state index contributed by atoms with van der Waals surface area (Å²) >= 11 is 0.